The third kappa shape index (κ3) is 3.20. The number of rotatable bonds is 0. The standard InChI is InChI=1S/C11H22N2O/c1-10(2,3)12-9(14)13-7-6-11(4,5)8-13/h6-8H2,1-5H3,(H,12,14). The average molecular weight is 198 g/mol. The van der Waals surface area contributed by atoms with Gasteiger partial charge in [0.2, 0.25) is 0 Å². The molecule has 82 valence electrons. The lowest BCUT2D eigenvalue weighted by Crippen LogP contribution is -2.48. The van der Waals surface area contributed by atoms with E-state index in [-0.39, 0.29) is 17.0 Å². The lowest BCUT2D eigenvalue weighted by molar-refractivity contribution is 0.194. The van der Waals surface area contributed by atoms with Gasteiger partial charge in [0, 0.05) is 18.6 Å². The molecule has 3 nitrogen and oxygen atoms in total. The molecule has 1 heterocycles. The van der Waals surface area contributed by atoms with Crippen molar-refractivity contribution in [1.82, 2.24) is 10.2 Å². The molecule has 1 rings (SSSR count). The van der Waals surface area contributed by atoms with Gasteiger partial charge in [0.25, 0.3) is 0 Å². The zero-order valence-electron chi connectivity index (χ0n) is 9.98. The number of nitrogens with one attached hydrogen (secondary N) is 1. The maximum atomic E-state index is 11.8. The van der Waals surface area contributed by atoms with Crippen LogP contribution in [0.15, 0.2) is 0 Å². The first-order valence-corrected chi connectivity index (χ1v) is 5.27. The van der Waals surface area contributed by atoms with E-state index in [1.54, 1.807) is 0 Å². The van der Waals surface area contributed by atoms with Crippen LogP contribution < -0.4 is 5.32 Å². The van der Waals surface area contributed by atoms with E-state index in [0.717, 1.165) is 19.5 Å². The lowest BCUT2D eigenvalue weighted by atomic mass is 9.93. The van der Waals surface area contributed by atoms with E-state index >= 15 is 0 Å². The Kier molecular flexibility index (Phi) is 2.79. The maximum absolute atomic E-state index is 11.8. The largest absolute Gasteiger partial charge is 0.333 e. The van der Waals surface area contributed by atoms with Crippen molar-refractivity contribution in [3.8, 4) is 0 Å². The molecule has 0 aliphatic carbocycles. The van der Waals surface area contributed by atoms with Crippen molar-refractivity contribution < 1.29 is 4.79 Å². The van der Waals surface area contributed by atoms with Crippen molar-refractivity contribution in [1.29, 1.82) is 0 Å². The first-order valence-electron chi connectivity index (χ1n) is 5.27. The highest BCUT2D eigenvalue weighted by atomic mass is 16.2. The van der Waals surface area contributed by atoms with E-state index in [1.807, 2.05) is 25.7 Å². The summed E-state index contributed by atoms with van der Waals surface area (Å²) in [5.41, 5.74) is 0.152. The number of likely N-dealkylation sites (tertiary alicyclic amines) is 1. The van der Waals surface area contributed by atoms with Crippen LogP contribution in [0.1, 0.15) is 41.0 Å². The maximum Gasteiger partial charge on any atom is 0.317 e. The summed E-state index contributed by atoms with van der Waals surface area (Å²) in [5.74, 6) is 0. The second-order valence-corrected chi connectivity index (χ2v) is 6.02. The Labute approximate surface area is 86.9 Å². The lowest BCUT2D eigenvalue weighted by Gasteiger charge is -2.26. The molecule has 1 N–H and O–H groups in total. The van der Waals surface area contributed by atoms with Crippen molar-refractivity contribution in [2.24, 2.45) is 5.41 Å². The van der Waals surface area contributed by atoms with Crippen LogP contribution >= 0.6 is 0 Å². The van der Waals surface area contributed by atoms with Gasteiger partial charge >= 0.3 is 6.03 Å². The molecular weight excluding hydrogens is 176 g/mol. The summed E-state index contributed by atoms with van der Waals surface area (Å²) >= 11 is 0. The van der Waals surface area contributed by atoms with Gasteiger partial charge in [-0.05, 0) is 32.6 Å². The Morgan fingerprint density at radius 2 is 1.93 bits per heavy atom. The van der Waals surface area contributed by atoms with Gasteiger partial charge in [-0.2, -0.15) is 0 Å². The summed E-state index contributed by atoms with van der Waals surface area (Å²) in [6, 6.07) is 0.0723. The fourth-order valence-electron chi connectivity index (χ4n) is 1.69. The summed E-state index contributed by atoms with van der Waals surface area (Å²) < 4.78 is 0. The average Bonchev–Trinajstić information content (AvgIpc) is 2.26. The van der Waals surface area contributed by atoms with Crippen molar-refractivity contribution in [3.63, 3.8) is 0 Å². The number of hydrogen-bond donors (Lipinski definition) is 1. The molecule has 0 bridgehead atoms. The Hall–Kier alpha value is -0.730. The van der Waals surface area contributed by atoms with E-state index in [4.69, 9.17) is 0 Å². The SMILES string of the molecule is CC1(C)CCN(C(=O)NC(C)(C)C)C1. The zero-order valence-corrected chi connectivity index (χ0v) is 9.98. The molecule has 0 aromatic rings. The quantitative estimate of drug-likeness (QED) is 0.636. The van der Waals surface area contributed by atoms with Crippen LogP contribution in [0.5, 0.6) is 0 Å². The van der Waals surface area contributed by atoms with Gasteiger partial charge in [-0.15, -0.1) is 0 Å². The van der Waals surface area contributed by atoms with Gasteiger partial charge in [-0.1, -0.05) is 13.8 Å². The molecule has 0 saturated carbocycles. The van der Waals surface area contributed by atoms with E-state index in [0.29, 0.717) is 0 Å². The molecule has 0 spiro atoms. The van der Waals surface area contributed by atoms with Crippen LogP contribution in [-0.4, -0.2) is 29.6 Å². The normalized spacial score (nSPS) is 21.1. The van der Waals surface area contributed by atoms with Crippen molar-refractivity contribution in [2.45, 2.75) is 46.6 Å². The minimum atomic E-state index is -0.135. The highest BCUT2D eigenvalue weighted by molar-refractivity contribution is 5.75. The first-order chi connectivity index (χ1) is 6.20. The van der Waals surface area contributed by atoms with Crippen LogP contribution in [0.3, 0.4) is 0 Å². The highest BCUT2D eigenvalue weighted by Gasteiger charge is 2.32. The molecule has 1 saturated heterocycles. The van der Waals surface area contributed by atoms with Crippen molar-refractivity contribution in [2.75, 3.05) is 13.1 Å². The fourth-order valence-corrected chi connectivity index (χ4v) is 1.69. The Bertz CT molecular complexity index is 228. The molecule has 1 aliphatic rings. The van der Waals surface area contributed by atoms with Gasteiger partial charge in [0.1, 0.15) is 0 Å². The minimum Gasteiger partial charge on any atom is -0.333 e. The van der Waals surface area contributed by atoms with Gasteiger partial charge in [0.05, 0.1) is 0 Å². The number of amides is 2. The monoisotopic (exact) mass is 198 g/mol. The smallest absolute Gasteiger partial charge is 0.317 e. The molecule has 1 aliphatic heterocycles. The number of urea groups is 1. The van der Waals surface area contributed by atoms with Crippen LogP contribution in [0.2, 0.25) is 0 Å². The fraction of sp³-hybridized carbons (Fsp3) is 0.909. The summed E-state index contributed by atoms with van der Waals surface area (Å²) in [5, 5.41) is 2.99. The number of nitrogens with zero attached hydrogens (tertiary/aromatic N) is 1. The second-order valence-electron chi connectivity index (χ2n) is 6.02. The van der Waals surface area contributed by atoms with E-state index in [2.05, 4.69) is 19.2 Å². The van der Waals surface area contributed by atoms with Crippen LogP contribution in [-0.2, 0) is 0 Å². The molecule has 14 heavy (non-hydrogen) atoms. The third-order valence-corrected chi connectivity index (χ3v) is 2.45. The Morgan fingerprint density at radius 3 is 2.29 bits per heavy atom. The van der Waals surface area contributed by atoms with Gasteiger partial charge < -0.3 is 10.2 Å². The summed E-state index contributed by atoms with van der Waals surface area (Å²) in [4.78, 5) is 13.7. The third-order valence-electron chi connectivity index (χ3n) is 2.45. The Balaban J connectivity index is 2.48. The molecule has 3 heteroatoms. The predicted molar refractivity (Wildman–Crippen MR) is 58.3 cm³/mol. The predicted octanol–water partition coefficient (Wildman–Crippen LogP) is 2.23. The number of carbonyl (C=O) groups is 1. The molecule has 0 radical (unpaired) electrons. The first kappa shape index (κ1) is 11.3. The second kappa shape index (κ2) is 3.44. The van der Waals surface area contributed by atoms with Gasteiger partial charge in [-0.25, -0.2) is 4.79 Å². The molecule has 2 amide bonds. The molecule has 0 aromatic heterocycles. The number of hydrogen-bond acceptors (Lipinski definition) is 1. The van der Waals surface area contributed by atoms with Gasteiger partial charge in [0.15, 0.2) is 0 Å². The highest BCUT2D eigenvalue weighted by Crippen LogP contribution is 2.28. The summed E-state index contributed by atoms with van der Waals surface area (Å²) in [7, 11) is 0. The van der Waals surface area contributed by atoms with E-state index in [9.17, 15) is 4.79 Å². The molecule has 0 unspecified atom stereocenters. The zero-order chi connectivity index (χ0) is 11.0. The number of carbonyl (C=O) groups excluding carboxylic acids is 1. The van der Waals surface area contributed by atoms with Crippen LogP contribution in [0, 0.1) is 5.41 Å². The van der Waals surface area contributed by atoms with Crippen molar-refractivity contribution in [3.05, 3.63) is 0 Å². The molecule has 0 aromatic carbocycles. The van der Waals surface area contributed by atoms with Crippen LogP contribution in [0.4, 0.5) is 4.79 Å². The van der Waals surface area contributed by atoms with Crippen molar-refractivity contribution >= 4 is 6.03 Å². The molecule has 1 fully saturated rings. The van der Waals surface area contributed by atoms with E-state index in [1.165, 1.54) is 0 Å². The summed E-state index contributed by atoms with van der Waals surface area (Å²) in [6.45, 7) is 12.2. The molecule has 0 atom stereocenters. The summed E-state index contributed by atoms with van der Waals surface area (Å²) in [6.07, 6.45) is 1.10. The topological polar surface area (TPSA) is 32.3 Å². The van der Waals surface area contributed by atoms with Gasteiger partial charge in [-0.3, -0.25) is 0 Å². The van der Waals surface area contributed by atoms with E-state index < -0.39 is 0 Å². The Morgan fingerprint density at radius 1 is 1.36 bits per heavy atom. The molecular formula is C11H22N2O. The van der Waals surface area contributed by atoms with Crippen LogP contribution in [0.25, 0.3) is 0 Å². The minimum absolute atomic E-state index is 0.0723.